The first-order chi connectivity index (χ1) is 13.8. The number of methoxy groups -OCH3 is 1. The zero-order chi connectivity index (χ0) is 19.3. The quantitative estimate of drug-likeness (QED) is 0.677. The lowest BCUT2D eigenvalue weighted by Crippen LogP contribution is -2.39. The largest absolute Gasteiger partial charge is 0.496 e. The van der Waals surface area contributed by atoms with Crippen molar-refractivity contribution in [3.05, 3.63) is 71.7 Å². The van der Waals surface area contributed by atoms with Gasteiger partial charge < -0.3 is 14.1 Å². The number of likely N-dealkylation sites (tertiary alicyclic amines) is 1. The maximum atomic E-state index is 12.9. The lowest BCUT2D eigenvalue weighted by molar-refractivity contribution is 0.0562. The maximum absolute atomic E-state index is 12.9. The van der Waals surface area contributed by atoms with E-state index in [1.54, 1.807) is 36.5 Å². The molecular formula is C21H22N4O3. The van der Waals surface area contributed by atoms with Crippen molar-refractivity contribution in [2.45, 2.75) is 31.7 Å². The van der Waals surface area contributed by atoms with Crippen LogP contribution in [0.3, 0.4) is 0 Å². The van der Waals surface area contributed by atoms with Crippen LogP contribution >= 0.6 is 0 Å². The molecule has 1 atom stereocenters. The van der Waals surface area contributed by atoms with Gasteiger partial charge in [-0.05, 0) is 37.5 Å². The minimum Gasteiger partial charge on any atom is -0.496 e. The fourth-order valence-corrected chi connectivity index (χ4v) is 3.59. The van der Waals surface area contributed by atoms with Gasteiger partial charge in [0.05, 0.1) is 13.3 Å². The first-order valence-corrected chi connectivity index (χ1v) is 9.41. The topological polar surface area (TPSA) is 81.4 Å². The molecule has 2 aromatic heterocycles. The molecule has 28 heavy (non-hydrogen) atoms. The van der Waals surface area contributed by atoms with Crippen molar-refractivity contribution in [1.82, 2.24) is 20.1 Å². The van der Waals surface area contributed by atoms with Gasteiger partial charge in [-0.25, -0.2) is 4.98 Å². The monoisotopic (exact) mass is 378 g/mol. The smallest absolute Gasteiger partial charge is 0.275 e. The van der Waals surface area contributed by atoms with Crippen molar-refractivity contribution in [3.8, 4) is 5.75 Å². The molecule has 0 N–H and O–H groups in total. The number of carbonyl (C=O) groups excluding carboxylic acids is 1. The van der Waals surface area contributed by atoms with E-state index in [1.165, 1.54) is 0 Å². The van der Waals surface area contributed by atoms with E-state index in [9.17, 15) is 4.79 Å². The van der Waals surface area contributed by atoms with Crippen LogP contribution in [-0.2, 0) is 6.42 Å². The number of piperidine rings is 1. The SMILES string of the molecule is COc1ccccc1Cc1cnc([C@@H]2CCCCN2C(=O)c2cccnn2)o1. The second-order valence-electron chi connectivity index (χ2n) is 6.77. The molecule has 1 amide bonds. The van der Waals surface area contributed by atoms with Crippen LogP contribution in [0.2, 0.25) is 0 Å². The second kappa shape index (κ2) is 8.21. The Kier molecular flexibility index (Phi) is 5.32. The standard InChI is InChI=1S/C21H22N4O3/c1-27-19-10-3-2-7-15(19)13-16-14-22-20(28-16)18-9-4-5-12-25(18)21(26)17-8-6-11-23-24-17/h2-3,6-8,10-11,14,18H,4-5,9,12-13H2,1H3/t18-/m0/s1. The molecule has 0 radical (unpaired) electrons. The minimum absolute atomic E-state index is 0.137. The van der Waals surface area contributed by atoms with Gasteiger partial charge in [0.1, 0.15) is 17.6 Å². The summed E-state index contributed by atoms with van der Waals surface area (Å²) in [5, 5.41) is 7.77. The second-order valence-corrected chi connectivity index (χ2v) is 6.77. The number of oxazole rings is 1. The third-order valence-corrected chi connectivity index (χ3v) is 4.97. The Balaban J connectivity index is 1.55. The predicted molar refractivity (Wildman–Crippen MR) is 102 cm³/mol. The molecule has 4 rings (SSSR count). The molecular weight excluding hydrogens is 356 g/mol. The van der Waals surface area contributed by atoms with Gasteiger partial charge in [-0.3, -0.25) is 4.79 Å². The fraction of sp³-hybridized carbons (Fsp3) is 0.333. The molecule has 1 aliphatic heterocycles. The van der Waals surface area contributed by atoms with E-state index in [-0.39, 0.29) is 11.9 Å². The van der Waals surface area contributed by atoms with Crippen molar-refractivity contribution >= 4 is 5.91 Å². The van der Waals surface area contributed by atoms with Gasteiger partial charge in [0.2, 0.25) is 5.89 Å². The Hall–Kier alpha value is -3.22. The molecule has 0 spiro atoms. The Morgan fingerprint density at radius 2 is 2.14 bits per heavy atom. The van der Waals surface area contributed by atoms with Gasteiger partial charge >= 0.3 is 0 Å². The van der Waals surface area contributed by atoms with Crippen molar-refractivity contribution < 1.29 is 13.9 Å². The number of benzene rings is 1. The highest BCUT2D eigenvalue weighted by Gasteiger charge is 2.32. The lowest BCUT2D eigenvalue weighted by Gasteiger charge is -2.33. The molecule has 3 aromatic rings. The van der Waals surface area contributed by atoms with Crippen molar-refractivity contribution in [2.75, 3.05) is 13.7 Å². The van der Waals surface area contributed by atoms with E-state index in [0.717, 1.165) is 36.3 Å². The van der Waals surface area contributed by atoms with E-state index in [4.69, 9.17) is 9.15 Å². The summed E-state index contributed by atoms with van der Waals surface area (Å²) in [4.78, 5) is 19.2. The number of hydrogen-bond donors (Lipinski definition) is 0. The summed E-state index contributed by atoms with van der Waals surface area (Å²) in [5.74, 6) is 2.00. The molecule has 1 aliphatic rings. The van der Waals surface area contributed by atoms with Crippen molar-refractivity contribution in [1.29, 1.82) is 0 Å². The molecule has 0 unspecified atom stereocenters. The number of amides is 1. The number of nitrogens with zero attached hydrogens (tertiary/aromatic N) is 4. The van der Waals surface area contributed by atoms with Crippen LogP contribution in [0.4, 0.5) is 0 Å². The number of para-hydroxylation sites is 1. The summed E-state index contributed by atoms with van der Waals surface area (Å²) in [7, 11) is 1.66. The average Bonchev–Trinajstić information content (AvgIpc) is 3.22. The molecule has 0 saturated carbocycles. The number of rotatable bonds is 5. The molecule has 3 heterocycles. The Morgan fingerprint density at radius 1 is 1.25 bits per heavy atom. The van der Waals surface area contributed by atoms with E-state index in [2.05, 4.69) is 15.2 Å². The third kappa shape index (κ3) is 3.74. The molecule has 7 heteroatoms. The van der Waals surface area contributed by atoms with Crippen LogP contribution in [0.1, 0.15) is 53.0 Å². The molecule has 0 bridgehead atoms. The van der Waals surface area contributed by atoms with E-state index < -0.39 is 0 Å². The van der Waals surface area contributed by atoms with Crippen LogP contribution in [-0.4, -0.2) is 39.6 Å². The average molecular weight is 378 g/mol. The zero-order valence-corrected chi connectivity index (χ0v) is 15.7. The molecule has 0 aliphatic carbocycles. The molecule has 144 valence electrons. The minimum atomic E-state index is -0.185. The van der Waals surface area contributed by atoms with Gasteiger partial charge in [-0.2, -0.15) is 5.10 Å². The number of carbonyl (C=O) groups is 1. The number of aromatic nitrogens is 3. The van der Waals surface area contributed by atoms with E-state index in [0.29, 0.717) is 24.6 Å². The summed E-state index contributed by atoms with van der Waals surface area (Å²) in [6, 6.07) is 11.1. The molecule has 1 aromatic carbocycles. The summed E-state index contributed by atoms with van der Waals surface area (Å²) in [5.41, 5.74) is 1.37. The Bertz CT molecular complexity index is 942. The fourth-order valence-electron chi connectivity index (χ4n) is 3.59. The highest BCUT2D eigenvalue weighted by molar-refractivity contribution is 5.92. The highest BCUT2D eigenvalue weighted by atomic mass is 16.5. The summed E-state index contributed by atoms with van der Waals surface area (Å²) < 4.78 is 11.5. The van der Waals surface area contributed by atoms with Crippen LogP contribution in [0.5, 0.6) is 5.75 Å². The van der Waals surface area contributed by atoms with Gasteiger partial charge in [0, 0.05) is 24.7 Å². The van der Waals surface area contributed by atoms with Crippen LogP contribution in [0.25, 0.3) is 0 Å². The number of ether oxygens (including phenoxy) is 1. The highest BCUT2D eigenvalue weighted by Crippen LogP contribution is 2.32. The van der Waals surface area contributed by atoms with Crippen LogP contribution in [0.15, 0.2) is 53.2 Å². The molecule has 1 fully saturated rings. The lowest BCUT2D eigenvalue weighted by atomic mass is 10.0. The number of hydrogen-bond acceptors (Lipinski definition) is 6. The van der Waals surface area contributed by atoms with Crippen molar-refractivity contribution in [2.24, 2.45) is 0 Å². The van der Waals surface area contributed by atoms with Crippen molar-refractivity contribution in [3.63, 3.8) is 0 Å². The van der Waals surface area contributed by atoms with Crippen LogP contribution < -0.4 is 4.74 Å². The summed E-state index contributed by atoms with van der Waals surface area (Å²) >= 11 is 0. The van der Waals surface area contributed by atoms with E-state index in [1.807, 2.05) is 24.3 Å². The van der Waals surface area contributed by atoms with Gasteiger partial charge in [-0.15, -0.1) is 5.10 Å². The van der Waals surface area contributed by atoms with Gasteiger partial charge in [-0.1, -0.05) is 18.2 Å². The maximum Gasteiger partial charge on any atom is 0.275 e. The predicted octanol–water partition coefficient (Wildman–Crippen LogP) is 3.43. The Labute approximate surface area is 163 Å². The molecule has 7 nitrogen and oxygen atoms in total. The van der Waals surface area contributed by atoms with Crippen LogP contribution in [0, 0.1) is 0 Å². The third-order valence-electron chi connectivity index (χ3n) is 4.97. The van der Waals surface area contributed by atoms with Gasteiger partial charge in [0.15, 0.2) is 5.69 Å². The normalized spacial score (nSPS) is 16.8. The summed E-state index contributed by atoms with van der Waals surface area (Å²) in [6.45, 7) is 0.657. The summed E-state index contributed by atoms with van der Waals surface area (Å²) in [6.07, 6.45) is 6.68. The first-order valence-electron chi connectivity index (χ1n) is 9.41. The van der Waals surface area contributed by atoms with E-state index >= 15 is 0 Å². The van der Waals surface area contributed by atoms with Gasteiger partial charge in [0.25, 0.3) is 5.91 Å². The molecule has 1 saturated heterocycles. The first kappa shape index (κ1) is 18.2. The zero-order valence-electron chi connectivity index (χ0n) is 15.7. The Morgan fingerprint density at radius 3 is 2.96 bits per heavy atom.